The van der Waals surface area contributed by atoms with Gasteiger partial charge in [0, 0.05) is 30.1 Å². The van der Waals surface area contributed by atoms with Gasteiger partial charge in [0.25, 0.3) is 0 Å². The monoisotopic (exact) mass is 418 g/mol. The van der Waals surface area contributed by atoms with Crippen molar-refractivity contribution in [3.63, 3.8) is 0 Å². The maximum Gasteiger partial charge on any atom is 0.209 e. The summed E-state index contributed by atoms with van der Waals surface area (Å²) in [5.74, 6) is 0.733. The molecule has 0 bridgehead atoms. The molecule has 0 radical (unpaired) electrons. The third-order valence-corrected chi connectivity index (χ3v) is 4.84. The van der Waals surface area contributed by atoms with E-state index in [0.717, 1.165) is 28.8 Å². The summed E-state index contributed by atoms with van der Waals surface area (Å²) in [5.41, 5.74) is 0.502. The fraction of sp³-hybridized carbons (Fsp3) is 0.562. The van der Waals surface area contributed by atoms with Crippen molar-refractivity contribution in [3.05, 3.63) is 34.3 Å². The molecule has 1 aromatic carbocycles. The first-order valence-electron chi connectivity index (χ1n) is 7.76. The van der Waals surface area contributed by atoms with E-state index in [9.17, 15) is 8.42 Å². The van der Waals surface area contributed by atoms with Gasteiger partial charge in [0.2, 0.25) is 10.0 Å². The van der Waals surface area contributed by atoms with Gasteiger partial charge in [-0.2, -0.15) is 0 Å². The second kappa shape index (κ2) is 8.82. The number of nitrogens with zero attached hydrogens (tertiary/aromatic N) is 2. The lowest BCUT2D eigenvalue weighted by Crippen LogP contribution is -2.46. The Kier molecular flexibility index (Phi) is 7.69. The quantitative estimate of drug-likeness (QED) is 0.525. The Hall–Kier alpha value is -1.12. The largest absolute Gasteiger partial charge is 0.357 e. The Morgan fingerprint density at radius 1 is 1.33 bits per heavy atom. The molecule has 0 saturated carbocycles. The summed E-state index contributed by atoms with van der Waals surface area (Å²) in [6, 6.07) is 8.04. The number of hydrogen-bond acceptors (Lipinski definition) is 3. The summed E-state index contributed by atoms with van der Waals surface area (Å²) in [6.07, 6.45) is 1.16. The highest BCUT2D eigenvalue weighted by Crippen LogP contribution is 2.17. The number of halogens is 1. The van der Waals surface area contributed by atoms with Crippen LogP contribution in [0, 0.1) is 0 Å². The second-order valence-electron chi connectivity index (χ2n) is 6.38. The zero-order valence-corrected chi connectivity index (χ0v) is 17.3. The van der Waals surface area contributed by atoms with Crippen molar-refractivity contribution in [3.8, 4) is 0 Å². The van der Waals surface area contributed by atoms with Crippen molar-refractivity contribution < 1.29 is 8.42 Å². The summed E-state index contributed by atoms with van der Waals surface area (Å²) in [7, 11) is -1.32. The van der Waals surface area contributed by atoms with Crippen LogP contribution in [0.25, 0.3) is 0 Å². The third kappa shape index (κ3) is 7.63. The molecular formula is C16H27BrN4O2S. The molecule has 8 heteroatoms. The summed E-state index contributed by atoms with van der Waals surface area (Å²) >= 11 is 3.55. The first-order valence-corrected chi connectivity index (χ1v) is 10.4. The van der Waals surface area contributed by atoms with Gasteiger partial charge < -0.3 is 10.2 Å². The molecular weight excluding hydrogens is 392 g/mol. The molecule has 0 aliphatic carbocycles. The number of benzene rings is 1. The van der Waals surface area contributed by atoms with Crippen molar-refractivity contribution in [2.75, 3.05) is 26.4 Å². The molecule has 0 amide bonds. The fourth-order valence-electron chi connectivity index (χ4n) is 2.23. The number of hydrogen-bond donors (Lipinski definition) is 2. The summed E-state index contributed by atoms with van der Waals surface area (Å²) in [4.78, 5) is 6.60. The van der Waals surface area contributed by atoms with E-state index in [4.69, 9.17) is 0 Å². The molecule has 0 heterocycles. The van der Waals surface area contributed by atoms with Crippen molar-refractivity contribution in [1.29, 1.82) is 0 Å². The number of nitrogens with one attached hydrogen (secondary N) is 2. The van der Waals surface area contributed by atoms with Crippen LogP contribution in [0.5, 0.6) is 0 Å². The van der Waals surface area contributed by atoms with Gasteiger partial charge in [-0.1, -0.05) is 34.1 Å². The van der Waals surface area contributed by atoms with E-state index in [0.29, 0.717) is 13.1 Å². The SMILES string of the molecule is CCNC(=NCC(C)(C)NS(C)(=O)=O)N(C)Cc1ccccc1Br. The Bertz CT molecular complexity index is 674. The zero-order chi connectivity index (χ0) is 18.4. The molecule has 0 spiro atoms. The van der Waals surface area contributed by atoms with E-state index in [2.05, 4.69) is 37.0 Å². The van der Waals surface area contributed by atoms with Crippen molar-refractivity contribution in [1.82, 2.24) is 14.9 Å². The molecule has 1 aromatic rings. The van der Waals surface area contributed by atoms with Gasteiger partial charge in [-0.3, -0.25) is 4.99 Å². The third-order valence-electron chi connectivity index (χ3n) is 3.15. The van der Waals surface area contributed by atoms with E-state index in [1.807, 2.05) is 50.9 Å². The predicted molar refractivity (Wildman–Crippen MR) is 104 cm³/mol. The molecule has 0 unspecified atom stereocenters. The Morgan fingerprint density at radius 2 is 1.96 bits per heavy atom. The molecule has 0 aliphatic heterocycles. The van der Waals surface area contributed by atoms with Crippen molar-refractivity contribution in [2.24, 2.45) is 4.99 Å². The van der Waals surface area contributed by atoms with Gasteiger partial charge in [-0.15, -0.1) is 0 Å². The van der Waals surface area contributed by atoms with Gasteiger partial charge >= 0.3 is 0 Å². The Morgan fingerprint density at radius 3 is 2.50 bits per heavy atom. The van der Waals surface area contributed by atoms with Gasteiger partial charge in [0.1, 0.15) is 0 Å². The number of aliphatic imine (C=N–C) groups is 1. The molecule has 0 atom stereocenters. The van der Waals surface area contributed by atoms with Crippen LogP contribution in [-0.2, 0) is 16.6 Å². The molecule has 0 aliphatic rings. The molecule has 0 saturated heterocycles. The number of guanidine groups is 1. The van der Waals surface area contributed by atoms with Crippen LogP contribution in [0.3, 0.4) is 0 Å². The van der Waals surface area contributed by atoms with Crippen LogP contribution in [0.1, 0.15) is 26.3 Å². The van der Waals surface area contributed by atoms with Gasteiger partial charge in [-0.25, -0.2) is 13.1 Å². The van der Waals surface area contributed by atoms with Crippen LogP contribution in [0.15, 0.2) is 33.7 Å². The standard InChI is InChI=1S/C16H27BrN4O2S/c1-6-18-15(19-12-16(2,3)20-24(5,22)23)21(4)11-13-9-7-8-10-14(13)17/h7-10,20H,6,11-12H2,1-5H3,(H,18,19). The number of rotatable bonds is 7. The molecule has 2 N–H and O–H groups in total. The van der Waals surface area contributed by atoms with E-state index in [1.54, 1.807) is 0 Å². The summed E-state index contributed by atoms with van der Waals surface area (Å²) in [6.45, 7) is 7.39. The highest BCUT2D eigenvalue weighted by atomic mass is 79.9. The fourth-order valence-corrected chi connectivity index (χ4v) is 3.71. The van der Waals surface area contributed by atoms with Gasteiger partial charge in [0.15, 0.2) is 5.96 Å². The summed E-state index contributed by atoms with van der Waals surface area (Å²) < 4.78 is 26.5. The second-order valence-corrected chi connectivity index (χ2v) is 8.98. The van der Waals surface area contributed by atoms with E-state index < -0.39 is 15.6 Å². The smallest absolute Gasteiger partial charge is 0.209 e. The average Bonchev–Trinajstić information content (AvgIpc) is 2.43. The normalized spacial score (nSPS) is 13.0. The van der Waals surface area contributed by atoms with Crippen molar-refractivity contribution >= 4 is 31.9 Å². The summed E-state index contributed by atoms with van der Waals surface area (Å²) in [5, 5.41) is 3.24. The van der Waals surface area contributed by atoms with Gasteiger partial charge in [-0.05, 0) is 32.4 Å². The van der Waals surface area contributed by atoms with E-state index in [-0.39, 0.29) is 0 Å². The van der Waals surface area contributed by atoms with Crippen LogP contribution in [0.2, 0.25) is 0 Å². The maximum atomic E-state index is 11.4. The Balaban J connectivity index is 2.86. The zero-order valence-electron chi connectivity index (χ0n) is 14.9. The van der Waals surface area contributed by atoms with Crippen LogP contribution in [0.4, 0.5) is 0 Å². The predicted octanol–water partition coefficient (Wildman–Crippen LogP) is 2.17. The molecule has 0 aromatic heterocycles. The highest BCUT2D eigenvalue weighted by Gasteiger charge is 2.22. The molecule has 136 valence electrons. The van der Waals surface area contributed by atoms with E-state index in [1.165, 1.54) is 0 Å². The van der Waals surface area contributed by atoms with E-state index >= 15 is 0 Å². The Labute approximate surface area is 153 Å². The van der Waals surface area contributed by atoms with Crippen LogP contribution in [-0.4, -0.2) is 51.2 Å². The number of sulfonamides is 1. The minimum atomic E-state index is -3.28. The lowest BCUT2D eigenvalue weighted by atomic mass is 10.1. The first-order chi connectivity index (χ1) is 11.0. The van der Waals surface area contributed by atoms with Gasteiger partial charge in [0.05, 0.1) is 12.8 Å². The lowest BCUT2D eigenvalue weighted by molar-refractivity contribution is 0.446. The minimum absolute atomic E-state index is 0.336. The molecule has 6 nitrogen and oxygen atoms in total. The molecule has 0 fully saturated rings. The van der Waals surface area contributed by atoms with Crippen LogP contribution < -0.4 is 10.0 Å². The lowest BCUT2D eigenvalue weighted by Gasteiger charge is -2.26. The van der Waals surface area contributed by atoms with Crippen LogP contribution >= 0.6 is 15.9 Å². The average molecular weight is 419 g/mol. The molecule has 1 rings (SSSR count). The maximum absolute atomic E-state index is 11.4. The minimum Gasteiger partial charge on any atom is -0.357 e. The topological polar surface area (TPSA) is 73.8 Å². The highest BCUT2D eigenvalue weighted by molar-refractivity contribution is 9.10. The first kappa shape index (κ1) is 20.9. The van der Waals surface area contributed by atoms with Crippen molar-refractivity contribution in [2.45, 2.75) is 32.9 Å². The molecule has 24 heavy (non-hydrogen) atoms.